The van der Waals surface area contributed by atoms with Crippen LogP contribution in [0.25, 0.3) is 10.8 Å². The van der Waals surface area contributed by atoms with Gasteiger partial charge in [-0.25, -0.2) is 18.2 Å². The molecule has 14 heteroatoms. The average molecular weight is 762 g/mol. The van der Waals surface area contributed by atoms with E-state index in [1.165, 1.54) is 41.4 Å². The number of hydrogen-bond donors (Lipinski definition) is 2. The van der Waals surface area contributed by atoms with Crippen molar-refractivity contribution in [3.05, 3.63) is 83.5 Å². The number of alkyl carbamates (subject to hydrolysis) is 1. The van der Waals surface area contributed by atoms with Crippen LogP contribution in [0, 0.1) is 0 Å². The van der Waals surface area contributed by atoms with Gasteiger partial charge in [-0.1, -0.05) is 46.8 Å². The largest absolute Gasteiger partial charge is 0.444 e. The summed E-state index contributed by atoms with van der Waals surface area (Å²) < 4.78 is 74.2. The van der Waals surface area contributed by atoms with Crippen LogP contribution in [0.4, 0.5) is 13.6 Å². The molecule has 3 unspecified atom stereocenters. The zero-order chi connectivity index (χ0) is 35.7. The molecule has 2 fully saturated rings. The van der Waals surface area contributed by atoms with Gasteiger partial charge in [0, 0.05) is 41.3 Å². The molecule has 10 nitrogen and oxygen atoms in total. The molecule has 5 rings (SSSR count). The number of fused-ring (bicyclic) bond motifs is 3. The normalized spacial score (nSPS) is 20.5. The maximum Gasteiger partial charge on any atom is 0.407 e. The number of amides is 2. The molecule has 3 aromatic carbocycles. The summed E-state index contributed by atoms with van der Waals surface area (Å²) >= 11 is 3.24. The maximum absolute atomic E-state index is 16.4. The van der Waals surface area contributed by atoms with E-state index < -0.39 is 57.2 Å². The van der Waals surface area contributed by atoms with Gasteiger partial charge in [-0.15, -0.1) is 0 Å². The summed E-state index contributed by atoms with van der Waals surface area (Å²) in [5.74, 6) is -4.14. The second-order valence-electron chi connectivity index (χ2n) is 13.2. The molecule has 2 heterocycles. The number of halogens is 3. The van der Waals surface area contributed by atoms with Crippen LogP contribution in [0.5, 0.6) is 5.75 Å². The van der Waals surface area contributed by atoms with Gasteiger partial charge in [0.05, 0.1) is 4.90 Å². The zero-order valence-corrected chi connectivity index (χ0v) is 30.0. The summed E-state index contributed by atoms with van der Waals surface area (Å²) in [6, 6.07) is 10.5. The molecular weight excluding hydrogens is 722 g/mol. The fourth-order valence-corrected chi connectivity index (χ4v) is 7.87. The van der Waals surface area contributed by atoms with Crippen molar-refractivity contribution in [1.82, 2.24) is 14.9 Å². The Hall–Kier alpha value is -3.88. The Balaban J connectivity index is 1.43. The molecular formula is C35H39BrF2N4O6S. The third-order valence-electron chi connectivity index (χ3n) is 8.45. The minimum absolute atomic E-state index is 0.286. The van der Waals surface area contributed by atoms with E-state index in [-0.39, 0.29) is 10.9 Å². The number of hydrogen-bond acceptors (Lipinski definition) is 7. The van der Waals surface area contributed by atoms with Crippen LogP contribution < -0.4 is 14.8 Å². The van der Waals surface area contributed by atoms with Gasteiger partial charge in [-0.3, -0.25) is 4.79 Å². The van der Waals surface area contributed by atoms with Crippen molar-refractivity contribution in [2.24, 2.45) is 4.99 Å². The monoisotopic (exact) mass is 760 g/mol. The molecule has 0 spiro atoms. The smallest absolute Gasteiger partial charge is 0.407 e. The van der Waals surface area contributed by atoms with Gasteiger partial charge in [0.15, 0.2) is 11.9 Å². The first-order valence-corrected chi connectivity index (χ1v) is 18.1. The lowest BCUT2D eigenvalue weighted by atomic mass is 9.94. The molecule has 2 N–H and O–H groups in total. The minimum Gasteiger partial charge on any atom is -0.444 e. The number of rotatable bonds is 9. The lowest BCUT2D eigenvalue weighted by Crippen LogP contribution is -2.61. The number of piperidine rings is 1. The summed E-state index contributed by atoms with van der Waals surface area (Å²) in [6.07, 6.45) is 2.44. The predicted molar refractivity (Wildman–Crippen MR) is 186 cm³/mol. The van der Waals surface area contributed by atoms with Gasteiger partial charge in [0.2, 0.25) is 15.9 Å². The Kier molecular flexibility index (Phi) is 10.5. The number of sulfonamides is 1. The molecule has 2 saturated heterocycles. The summed E-state index contributed by atoms with van der Waals surface area (Å²) in [6.45, 7) is 10.4. The maximum atomic E-state index is 16.4. The fraction of sp³-hybridized carbons (Fsp3) is 0.400. The van der Waals surface area contributed by atoms with Gasteiger partial charge in [0.25, 0.3) is 5.92 Å². The Labute approximate surface area is 293 Å². The topological polar surface area (TPSA) is 126 Å². The SMILES string of the molecule is C=CN=C(C)Oc1ccc2cc(S(=O)(=O)NC(C(=O)N3C4CCC3CC(NC(=O)OC(C)(C)C)C4)C(F)(F)c3ccc(Br)cc3)ccc2c1. The Morgan fingerprint density at radius 2 is 1.63 bits per heavy atom. The molecule has 49 heavy (non-hydrogen) atoms. The molecule has 2 aliphatic rings. The highest BCUT2D eigenvalue weighted by molar-refractivity contribution is 9.10. The molecule has 0 aliphatic carbocycles. The van der Waals surface area contributed by atoms with E-state index in [0.29, 0.717) is 52.6 Å². The predicted octanol–water partition coefficient (Wildman–Crippen LogP) is 7.03. The molecule has 0 aromatic heterocycles. The molecule has 2 amide bonds. The van der Waals surface area contributed by atoms with Crippen LogP contribution >= 0.6 is 15.9 Å². The number of nitrogens with zero attached hydrogens (tertiary/aromatic N) is 2. The molecule has 0 radical (unpaired) electrons. The number of benzene rings is 3. The molecule has 2 bridgehead atoms. The van der Waals surface area contributed by atoms with E-state index >= 15 is 8.78 Å². The number of aliphatic imine (C=N–C) groups is 1. The molecule has 3 atom stereocenters. The molecule has 262 valence electrons. The molecule has 3 aromatic rings. The van der Waals surface area contributed by atoms with Crippen LogP contribution in [0.3, 0.4) is 0 Å². The first kappa shape index (κ1) is 36.4. The van der Waals surface area contributed by atoms with Gasteiger partial charge < -0.3 is 19.7 Å². The minimum atomic E-state index is -4.65. The standard InChI is InChI=1S/C35H39BrF2N4O6S/c1-6-39-21(2)47-29-15-7-23-18-30(16-8-22(23)17-29)49(45,46)41-31(35(37,38)24-9-11-25(36)12-10-24)32(43)42-27-13-14-28(42)20-26(19-27)40-33(44)48-34(3,4)5/h6-12,15-18,26-28,31,41H,1,13-14,19-20H2,2-5H3,(H,40,44). The number of nitrogens with one attached hydrogen (secondary N) is 2. The highest BCUT2D eigenvalue weighted by atomic mass is 79.9. The second kappa shape index (κ2) is 14.2. The first-order valence-electron chi connectivity index (χ1n) is 15.8. The third kappa shape index (κ3) is 8.47. The van der Waals surface area contributed by atoms with E-state index in [0.717, 1.165) is 12.1 Å². The van der Waals surface area contributed by atoms with Crippen molar-refractivity contribution < 1.29 is 36.3 Å². The van der Waals surface area contributed by atoms with Gasteiger partial charge in [-0.05, 0) is 93.6 Å². The number of carbonyl (C=O) groups is 2. The van der Waals surface area contributed by atoms with E-state index in [1.807, 2.05) is 0 Å². The lowest BCUT2D eigenvalue weighted by Gasteiger charge is -2.42. The summed E-state index contributed by atoms with van der Waals surface area (Å²) in [7, 11) is -4.65. The highest BCUT2D eigenvalue weighted by Crippen LogP contribution is 2.40. The fourth-order valence-electron chi connectivity index (χ4n) is 6.38. The van der Waals surface area contributed by atoms with Crippen molar-refractivity contribution in [3.8, 4) is 5.75 Å². The van der Waals surface area contributed by atoms with Crippen molar-refractivity contribution in [2.75, 3.05) is 0 Å². The zero-order valence-electron chi connectivity index (χ0n) is 27.6. The van der Waals surface area contributed by atoms with Crippen molar-refractivity contribution in [3.63, 3.8) is 0 Å². The summed E-state index contributed by atoms with van der Waals surface area (Å²) in [5.41, 5.74) is -1.22. The van der Waals surface area contributed by atoms with E-state index in [2.05, 4.69) is 37.5 Å². The Morgan fingerprint density at radius 1 is 1.02 bits per heavy atom. The summed E-state index contributed by atoms with van der Waals surface area (Å²) in [5, 5.41) is 3.98. The van der Waals surface area contributed by atoms with Crippen LogP contribution in [0.15, 0.2) is 87.8 Å². The van der Waals surface area contributed by atoms with Gasteiger partial charge in [0.1, 0.15) is 11.4 Å². The second-order valence-corrected chi connectivity index (χ2v) is 15.9. The van der Waals surface area contributed by atoms with Crippen molar-refractivity contribution >= 4 is 54.6 Å². The molecule has 2 aliphatic heterocycles. The third-order valence-corrected chi connectivity index (χ3v) is 10.4. The first-order chi connectivity index (χ1) is 23.0. The average Bonchev–Trinajstić information content (AvgIpc) is 3.28. The summed E-state index contributed by atoms with van der Waals surface area (Å²) in [4.78, 5) is 31.7. The van der Waals surface area contributed by atoms with Crippen molar-refractivity contribution in [1.29, 1.82) is 0 Å². The van der Waals surface area contributed by atoms with Crippen LogP contribution in [-0.4, -0.2) is 61.0 Å². The molecule has 0 saturated carbocycles. The highest BCUT2D eigenvalue weighted by Gasteiger charge is 2.54. The van der Waals surface area contributed by atoms with Gasteiger partial charge >= 0.3 is 6.09 Å². The van der Waals surface area contributed by atoms with Crippen LogP contribution in [0.1, 0.15) is 58.9 Å². The Bertz CT molecular complexity index is 1870. The van der Waals surface area contributed by atoms with Crippen LogP contribution in [0.2, 0.25) is 0 Å². The van der Waals surface area contributed by atoms with Gasteiger partial charge in [-0.2, -0.15) is 13.5 Å². The van der Waals surface area contributed by atoms with E-state index in [1.54, 1.807) is 45.9 Å². The quantitative estimate of drug-likeness (QED) is 0.178. The van der Waals surface area contributed by atoms with Crippen molar-refractivity contribution in [2.45, 2.75) is 94.0 Å². The number of carbonyl (C=O) groups excluding carboxylic acids is 2. The lowest BCUT2D eigenvalue weighted by molar-refractivity contribution is -0.149. The Morgan fingerprint density at radius 3 is 2.24 bits per heavy atom. The van der Waals surface area contributed by atoms with Crippen LogP contribution in [-0.2, 0) is 25.5 Å². The van der Waals surface area contributed by atoms with E-state index in [9.17, 15) is 18.0 Å². The van der Waals surface area contributed by atoms with E-state index in [4.69, 9.17) is 9.47 Å². The number of alkyl halides is 2. The number of ether oxygens (including phenoxy) is 2.